The number of anilines is 1. The fourth-order valence-corrected chi connectivity index (χ4v) is 2.57. The Morgan fingerprint density at radius 1 is 1.40 bits per heavy atom. The number of carbonyl (C=O) groups excluding carboxylic acids is 1. The first-order valence-corrected chi connectivity index (χ1v) is 7.40. The number of primary amides is 1. The lowest BCUT2D eigenvalue weighted by Gasteiger charge is -2.17. The van der Waals surface area contributed by atoms with Gasteiger partial charge in [0.15, 0.2) is 0 Å². The molecular weight excluding hydrogens is 272 g/mol. The summed E-state index contributed by atoms with van der Waals surface area (Å²) in [6.07, 6.45) is 0.217. The number of carbonyl (C=O) groups is 1. The maximum atomic E-state index is 10.7. The van der Waals surface area contributed by atoms with Crippen LogP contribution in [-0.2, 0) is 4.79 Å². The van der Waals surface area contributed by atoms with E-state index in [1.54, 1.807) is 11.3 Å². The van der Waals surface area contributed by atoms with Crippen molar-refractivity contribution < 1.29 is 9.53 Å². The van der Waals surface area contributed by atoms with Gasteiger partial charge in [0, 0.05) is 6.04 Å². The maximum absolute atomic E-state index is 10.7. The summed E-state index contributed by atoms with van der Waals surface area (Å²) in [5, 5.41) is 7.59. The molecule has 1 amide bonds. The van der Waals surface area contributed by atoms with Gasteiger partial charge in [-0.3, -0.25) is 4.79 Å². The lowest BCUT2D eigenvalue weighted by atomic mass is 10.1. The fourth-order valence-electron chi connectivity index (χ4n) is 1.81. The molecule has 0 aliphatic heterocycles. The van der Waals surface area contributed by atoms with Crippen LogP contribution in [0.1, 0.15) is 24.9 Å². The van der Waals surface area contributed by atoms with Crippen molar-refractivity contribution in [2.75, 3.05) is 11.9 Å². The van der Waals surface area contributed by atoms with E-state index in [2.05, 4.69) is 29.1 Å². The minimum Gasteiger partial charge on any atom is -0.491 e. The monoisotopic (exact) mass is 290 g/mol. The number of para-hydroxylation sites is 2. The first-order valence-electron chi connectivity index (χ1n) is 6.45. The van der Waals surface area contributed by atoms with E-state index in [-0.39, 0.29) is 18.4 Å². The second kappa shape index (κ2) is 6.96. The molecule has 0 spiro atoms. The van der Waals surface area contributed by atoms with Crippen molar-refractivity contribution in [2.45, 2.75) is 19.4 Å². The Kier molecular flexibility index (Phi) is 5.01. The Hall–Kier alpha value is -2.01. The first kappa shape index (κ1) is 14.4. The van der Waals surface area contributed by atoms with E-state index in [4.69, 9.17) is 10.5 Å². The quantitative estimate of drug-likeness (QED) is 0.823. The average molecular weight is 290 g/mol. The molecule has 2 rings (SSSR count). The molecule has 0 fully saturated rings. The predicted octanol–water partition coefficient (Wildman–Crippen LogP) is 3.18. The van der Waals surface area contributed by atoms with Gasteiger partial charge in [0.1, 0.15) is 5.75 Å². The molecule has 0 saturated heterocycles. The van der Waals surface area contributed by atoms with E-state index in [9.17, 15) is 4.79 Å². The normalized spacial score (nSPS) is 11.8. The predicted molar refractivity (Wildman–Crippen MR) is 82.1 cm³/mol. The third-order valence-electron chi connectivity index (χ3n) is 2.91. The van der Waals surface area contributed by atoms with Crippen molar-refractivity contribution in [2.24, 2.45) is 5.73 Å². The van der Waals surface area contributed by atoms with Crippen LogP contribution in [0.5, 0.6) is 5.75 Å². The molecule has 4 nitrogen and oxygen atoms in total. The number of hydrogen-bond acceptors (Lipinski definition) is 4. The zero-order valence-corrected chi connectivity index (χ0v) is 12.2. The Morgan fingerprint density at radius 3 is 2.90 bits per heavy atom. The molecule has 1 aromatic heterocycles. The van der Waals surface area contributed by atoms with Crippen LogP contribution in [0.25, 0.3) is 0 Å². The minimum absolute atomic E-state index is 0.196. The van der Waals surface area contributed by atoms with Crippen LogP contribution < -0.4 is 15.8 Å². The van der Waals surface area contributed by atoms with Gasteiger partial charge in [-0.25, -0.2) is 0 Å². The number of nitrogens with one attached hydrogen (secondary N) is 1. The van der Waals surface area contributed by atoms with E-state index in [1.165, 1.54) is 5.56 Å². The number of nitrogens with two attached hydrogens (primary N) is 1. The minimum atomic E-state index is -0.359. The zero-order valence-electron chi connectivity index (χ0n) is 11.3. The highest BCUT2D eigenvalue weighted by Gasteiger charge is 2.09. The number of rotatable bonds is 7. The van der Waals surface area contributed by atoms with Crippen LogP contribution in [-0.4, -0.2) is 12.5 Å². The fraction of sp³-hybridized carbons (Fsp3) is 0.267. The van der Waals surface area contributed by atoms with Crippen molar-refractivity contribution >= 4 is 22.9 Å². The van der Waals surface area contributed by atoms with Crippen LogP contribution in [0, 0.1) is 0 Å². The smallest absolute Gasteiger partial charge is 0.220 e. The SMILES string of the molecule is CC(Nc1ccccc1OCCC(N)=O)c1ccsc1. The van der Waals surface area contributed by atoms with Gasteiger partial charge in [-0.15, -0.1) is 0 Å². The van der Waals surface area contributed by atoms with Gasteiger partial charge in [0.2, 0.25) is 5.91 Å². The van der Waals surface area contributed by atoms with Gasteiger partial charge >= 0.3 is 0 Å². The Balaban J connectivity index is 2.02. The lowest BCUT2D eigenvalue weighted by Crippen LogP contribution is -2.15. The Labute approximate surface area is 122 Å². The molecule has 1 atom stereocenters. The molecule has 5 heteroatoms. The standard InChI is InChI=1S/C15H18N2O2S/c1-11(12-7-9-20-10-12)17-13-4-2-3-5-14(13)19-8-6-15(16)18/h2-5,7,9-11,17H,6,8H2,1H3,(H2,16,18). The van der Waals surface area contributed by atoms with Crippen LogP contribution in [0.3, 0.4) is 0 Å². The van der Waals surface area contributed by atoms with Crippen LogP contribution >= 0.6 is 11.3 Å². The van der Waals surface area contributed by atoms with Gasteiger partial charge in [-0.1, -0.05) is 12.1 Å². The largest absolute Gasteiger partial charge is 0.491 e. The van der Waals surface area contributed by atoms with Gasteiger partial charge in [-0.2, -0.15) is 11.3 Å². The Bertz CT molecular complexity index is 555. The molecule has 0 bridgehead atoms. The molecule has 1 aromatic carbocycles. The van der Waals surface area contributed by atoms with E-state index in [0.717, 1.165) is 11.4 Å². The van der Waals surface area contributed by atoms with Gasteiger partial charge in [0.25, 0.3) is 0 Å². The molecule has 1 heterocycles. The summed E-state index contributed by atoms with van der Waals surface area (Å²) in [5.41, 5.74) is 7.26. The van der Waals surface area contributed by atoms with Gasteiger partial charge < -0.3 is 15.8 Å². The maximum Gasteiger partial charge on any atom is 0.220 e. The molecule has 0 radical (unpaired) electrons. The van der Waals surface area contributed by atoms with Crippen molar-refractivity contribution in [3.63, 3.8) is 0 Å². The Morgan fingerprint density at radius 2 is 2.20 bits per heavy atom. The third-order valence-corrected chi connectivity index (χ3v) is 3.61. The topological polar surface area (TPSA) is 64.3 Å². The number of benzene rings is 1. The first-order chi connectivity index (χ1) is 9.66. The van der Waals surface area contributed by atoms with Crippen LogP contribution in [0.2, 0.25) is 0 Å². The van der Waals surface area contributed by atoms with Crippen molar-refractivity contribution in [1.82, 2.24) is 0 Å². The molecule has 0 saturated carbocycles. The summed E-state index contributed by atoms with van der Waals surface area (Å²) >= 11 is 1.68. The van der Waals surface area contributed by atoms with Gasteiger partial charge in [-0.05, 0) is 41.4 Å². The molecule has 3 N–H and O–H groups in total. The van der Waals surface area contributed by atoms with Crippen LogP contribution in [0.15, 0.2) is 41.1 Å². The summed E-state index contributed by atoms with van der Waals surface area (Å²) in [7, 11) is 0. The van der Waals surface area contributed by atoms with Crippen molar-refractivity contribution in [1.29, 1.82) is 0 Å². The summed E-state index contributed by atoms with van der Waals surface area (Å²) in [5.74, 6) is 0.373. The summed E-state index contributed by atoms with van der Waals surface area (Å²) in [6, 6.07) is 9.98. The second-order valence-corrected chi connectivity index (χ2v) is 5.26. The van der Waals surface area contributed by atoms with E-state index in [0.29, 0.717) is 6.61 Å². The van der Waals surface area contributed by atoms with E-state index < -0.39 is 0 Å². The second-order valence-electron chi connectivity index (χ2n) is 4.48. The van der Waals surface area contributed by atoms with Crippen molar-refractivity contribution in [3.8, 4) is 5.75 Å². The number of ether oxygens (including phenoxy) is 1. The van der Waals surface area contributed by atoms with E-state index >= 15 is 0 Å². The molecule has 2 aromatic rings. The average Bonchev–Trinajstić information content (AvgIpc) is 2.94. The highest BCUT2D eigenvalue weighted by molar-refractivity contribution is 7.07. The van der Waals surface area contributed by atoms with Crippen LogP contribution in [0.4, 0.5) is 5.69 Å². The third kappa shape index (κ3) is 3.99. The molecule has 106 valence electrons. The molecule has 0 aliphatic rings. The zero-order chi connectivity index (χ0) is 14.4. The number of thiophene rings is 1. The van der Waals surface area contributed by atoms with Crippen molar-refractivity contribution in [3.05, 3.63) is 46.7 Å². The number of hydrogen-bond donors (Lipinski definition) is 2. The molecule has 20 heavy (non-hydrogen) atoms. The van der Waals surface area contributed by atoms with Gasteiger partial charge in [0.05, 0.1) is 18.7 Å². The molecular formula is C15H18N2O2S. The molecule has 1 unspecified atom stereocenters. The number of amides is 1. The summed E-state index contributed by atoms with van der Waals surface area (Å²) < 4.78 is 5.61. The highest BCUT2D eigenvalue weighted by atomic mass is 32.1. The summed E-state index contributed by atoms with van der Waals surface area (Å²) in [4.78, 5) is 10.7. The molecule has 0 aliphatic carbocycles. The van der Waals surface area contributed by atoms with E-state index in [1.807, 2.05) is 24.3 Å². The lowest BCUT2D eigenvalue weighted by molar-refractivity contribution is -0.118. The highest BCUT2D eigenvalue weighted by Crippen LogP contribution is 2.28. The summed E-state index contributed by atoms with van der Waals surface area (Å²) in [6.45, 7) is 2.39.